The monoisotopic (exact) mass is 220 g/mol. The van der Waals surface area contributed by atoms with Crippen LogP contribution in [0.25, 0.3) is 11.1 Å². The molecule has 0 aliphatic rings. The van der Waals surface area contributed by atoms with Crippen LogP contribution in [0.2, 0.25) is 0 Å². The second kappa shape index (κ2) is 3.79. The molecule has 0 saturated carbocycles. The van der Waals surface area contributed by atoms with E-state index in [1.165, 1.54) is 0 Å². The van der Waals surface area contributed by atoms with Crippen molar-refractivity contribution in [2.24, 2.45) is 5.41 Å². The molecule has 16 heavy (non-hydrogen) atoms. The fourth-order valence-corrected chi connectivity index (χ4v) is 1.71. The molecule has 2 rings (SSSR count). The van der Waals surface area contributed by atoms with Crippen molar-refractivity contribution in [2.45, 2.75) is 20.3 Å². The zero-order chi connectivity index (χ0) is 11.8. The molecule has 2 aromatic rings. The van der Waals surface area contributed by atoms with Crippen LogP contribution in [0.5, 0.6) is 0 Å². The molecule has 0 fully saturated rings. The fraction of sp³-hybridized carbons (Fsp3) is 0.417. The van der Waals surface area contributed by atoms with Crippen molar-refractivity contribution in [3.8, 4) is 0 Å². The zero-order valence-corrected chi connectivity index (χ0v) is 9.53. The SMILES string of the molecule is CC(C)(CO)Cc1ccc2oc(N)nc2c1. The van der Waals surface area contributed by atoms with Gasteiger partial charge in [-0.25, -0.2) is 0 Å². The Morgan fingerprint density at radius 2 is 2.19 bits per heavy atom. The average molecular weight is 220 g/mol. The maximum absolute atomic E-state index is 9.22. The Morgan fingerprint density at radius 3 is 2.88 bits per heavy atom. The van der Waals surface area contributed by atoms with Gasteiger partial charge in [-0.15, -0.1) is 0 Å². The summed E-state index contributed by atoms with van der Waals surface area (Å²) in [5, 5.41) is 9.22. The molecule has 1 aromatic carbocycles. The molecule has 1 heterocycles. The second-order valence-corrected chi connectivity index (χ2v) is 4.85. The van der Waals surface area contributed by atoms with Crippen LogP contribution in [0.4, 0.5) is 6.01 Å². The summed E-state index contributed by atoms with van der Waals surface area (Å²) in [4.78, 5) is 4.08. The van der Waals surface area contributed by atoms with Crippen molar-refractivity contribution < 1.29 is 9.52 Å². The molecule has 0 unspecified atom stereocenters. The van der Waals surface area contributed by atoms with E-state index in [9.17, 15) is 5.11 Å². The van der Waals surface area contributed by atoms with Gasteiger partial charge >= 0.3 is 0 Å². The van der Waals surface area contributed by atoms with E-state index in [1.807, 2.05) is 32.0 Å². The lowest BCUT2D eigenvalue weighted by Crippen LogP contribution is -2.19. The Morgan fingerprint density at radius 1 is 1.44 bits per heavy atom. The highest BCUT2D eigenvalue weighted by Crippen LogP contribution is 2.24. The van der Waals surface area contributed by atoms with Crippen LogP contribution in [-0.4, -0.2) is 16.7 Å². The Hall–Kier alpha value is -1.55. The number of fused-ring (bicyclic) bond motifs is 1. The highest BCUT2D eigenvalue weighted by atomic mass is 16.4. The van der Waals surface area contributed by atoms with Gasteiger partial charge < -0.3 is 15.3 Å². The molecule has 0 saturated heterocycles. The van der Waals surface area contributed by atoms with Crippen LogP contribution in [-0.2, 0) is 6.42 Å². The Balaban J connectivity index is 2.32. The molecule has 4 nitrogen and oxygen atoms in total. The van der Waals surface area contributed by atoms with Gasteiger partial charge in [-0.3, -0.25) is 0 Å². The van der Waals surface area contributed by atoms with E-state index in [-0.39, 0.29) is 18.0 Å². The molecule has 0 bridgehead atoms. The van der Waals surface area contributed by atoms with Crippen molar-refractivity contribution in [1.29, 1.82) is 0 Å². The zero-order valence-electron chi connectivity index (χ0n) is 9.53. The number of nitrogens with zero attached hydrogens (tertiary/aromatic N) is 1. The van der Waals surface area contributed by atoms with Crippen molar-refractivity contribution in [3.63, 3.8) is 0 Å². The number of hydrogen-bond donors (Lipinski definition) is 2. The molecular weight excluding hydrogens is 204 g/mol. The van der Waals surface area contributed by atoms with E-state index < -0.39 is 0 Å². The lowest BCUT2D eigenvalue weighted by Gasteiger charge is -2.21. The van der Waals surface area contributed by atoms with Gasteiger partial charge in [-0.1, -0.05) is 19.9 Å². The summed E-state index contributed by atoms with van der Waals surface area (Å²) in [6, 6.07) is 5.98. The maximum atomic E-state index is 9.22. The maximum Gasteiger partial charge on any atom is 0.292 e. The summed E-state index contributed by atoms with van der Waals surface area (Å²) in [6.07, 6.45) is 0.798. The van der Waals surface area contributed by atoms with Crippen LogP contribution in [0.15, 0.2) is 22.6 Å². The van der Waals surface area contributed by atoms with Gasteiger partial charge in [0.05, 0.1) is 0 Å². The fourth-order valence-electron chi connectivity index (χ4n) is 1.71. The normalized spacial score (nSPS) is 12.2. The third kappa shape index (κ3) is 2.17. The first-order valence-corrected chi connectivity index (χ1v) is 5.26. The van der Waals surface area contributed by atoms with Crippen LogP contribution in [0.1, 0.15) is 19.4 Å². The van der Waals surface area contributed by atoms with Crippen LogP contribution in [0, 0.1) is 5.41 Å². The van der Waals surface area contributed by atoms with Gasteiger partial charge in [0.15, 0.2) is 5.58 Å². The summed E-state index contributed by atoms with van der Waals surface area (Å²) in [7, 11) is 0. The average Bonchev–Trinajstić information content (AvgIpc) is 2.57. The van der Waals surface area contributed by atoms with Gasteiger partial charge in [-0.2, -0.15) is 4.98 Å². The van der Waals surface area contributed by atoms with Gasteiger partial charge in [0.2, 0.25) is 0 Å². The van der Waals surface area contributed by atoms with Crippen molar-refractivity contribution in [3.05, 3.63) is 23.8 Å². The lowest BCUT2D eigenvalue weighted by atomic mass is 9.87. The predicted molar refractivity (Wildman–Crippen MR) is 63.0 cm³/mol. The summed E-state index contributed by atoms with van der Waals surface area (Å²) in [5.74, 6) is 0. The first kappa shape index (κ1) is 11.0. The van der Waals surface area contributed by atoms with Gasteiger partial charge in [0.1, 0.15) is 5.52 Å². The molecule has 4 heteroatoms. The molecule has 0 aliphatic heterocycles. The number of aromatic nitrogens is 1. The molecule has 0 atom stereocenters. The number of anilines is 1. The minimum Gasteiger partial charge on any atom is -0.424 e. The van der Waals surface area contributed by atoms with Crippen LogP contribution in [0.3, 0.4) is 0 Å². The number of aliphatic hydroxyl groups is 1. The van der Waals surface area contributed by atoms with E-state index in [4.69, 9.17) is 10.2 Å². The molecule has 0 amide bonds. The van der Waals surface area contributed by atoms with E-state index >= 15 is 0 Å². The second-order valence-electron chi connectivity index (χ2n) is 4.85. The van der Waals surface area contributed by atoms with E-state index in [1.54, 1.807) is 0 Å². The van der Waals surface area contributed by atoms with E-state index in [2.05, 4.69) is 4.98 Å². The van der Waals surface area contributed by atoms with Gasteiger partial charge in [0, 0.05) is 6.61 Å². The third-order valence-electron chi connectivity index (χ3n) is 2.58. The molecule has 0 aliphatic carbocycles. The van der Waals surface area contributed by atoms with Crippen molar-refractivity contribution in [2.75, 3.05) is 12.3 Å². The van der Waals surface area contributed by atoms with Gasteiger partial charge in [-0.05, 0) is 29.5 Å². The topological polar surface area (TPSA) is 72.3 Å². The summed E-state index contributed by atoms with van der Waals surface area (Å²) in [6.45, 7) is 4.20. The Kier molecular flexibility index (Phi) is 2.59. The number of aliphatic hydroxyl groups excluding tert-OH is 1. The van der Waals surface area contributed by atoms with E-state index in [0.29, 0.717) is 5.58 Å². The lowest BCUT2D eigenvalue weighted by molar-refractivity contribution is 0.159. The highest BCUT2D eigenvalue weighted by molar-refractivity contribution is 5.74. The minimum absolute atomic E-state index is 0.122. The number of rotatable bonds is 3. The quantitative estimate of drug-likeness (QED) is 0.829. The Bertz CT molecular complexity index is 503. The number of nitrogens with two attached hydrogens (primary N) is 1. The first-order chi connectivity index (χ1) is 7.50. The standard InChI is InChI=1S/C12H16N2O2/c1-12(2,7-15)6-8-3-4-10-9(5-8)14-11(13)16-10/h3-5,15H,6-7H2,1-2H3,(H2,13,14). The van der Waals surface area contributed by atoms with Crippen molar-refractivity contribution in [1.82, 2.24) is 4.98 Å². The number of nitrogen functional groups attached to an aromatic ring is 1. The molecule has 0 spiro atoms. The highest BCUT2D eigenvalue weighted by Gasteiger charge is 2.17. The minimum atomic E-state index is -0.122. The molecule has 1 aromatic heterocycles. The number of hydrogen-bond acceptors (Lipinski definition) is 4. The number of oxazole rings is 1. The molecule has 0 radical (unpaired) electrons. The predicted octanol–water partition coefficient (Wildman–Crippen LogP) is 1.97. The third-order valence-corrected chi connectivity index (χ3v) is 2.58. The number of benzene rings is 1. The van der Waals surface area contributed by atoms with Gasteiger partial charge in [0.25, 0.3) is 6.01 Å². The molecular formula is C12H16N2O2. The van der Waals surface area contributed by atoms with E-state index in [0.717, 1.165) is 17.5 Å². The summed E-state index contributed by atoms with van der Waals surface area (Å²) < 4.78 is 5.20. The van der Waals surface area contributed by atoms with Crippen molar-refractivity contribution >= 4 is 17.1 Å². The smallest absolute Gasteiger partial charge is 0.292 e. The Labute approximate surface area is 94.1 Å². The molecule has 86 valence electrons. The summed E-state index contributed by atoms with van der Waals surface area (Å²) in [5.41, 5.74) is 7.94. The van der Waals surface area contributed by atoms with Crippen LogP contribution >= 0.6 is 0 Å². The first-order valence-electron chi connectivity index (χ1n) is 5.26. The van der Waals surface area contributed by atoms with Crippen LogP contribution < -0.4 is 5.73 Å². The largest absolute Gasteiger partial charge is 0.424 e. The summed E-state index contributed by atoms with van der Waals surface area (Å²) >= 11 is 0. The molecule has 3 N–H and O–H groups in total.